The van der Waals surface area contributed by atoms with Crippen molar-refractivity contribution in [2.24, 2.45) is 0 Å². The minimum absolute atomic E-state index is 0.242. The molecule has 0 saturated carbocycles. The number of hydrogen-bond acceptors (Lipinski definition) is 3. The lowest BCUT2D eigenvalue weighted by atomic mass is 9.94. The topological polar surface area (TPSA) is 55.4 Å². The smallest absolute Gasteiger partial charge is 0.329 e. The maximum atomic E-state index is 12.5. The second-order valence-electron chi connectivity index (χ2n) is 7.57. The Bertz CT molecular complexity index is 614. The SMILES string of the molecule is CC(C)(C)OC(=O)[C@H](CCC1=CCCCC1)NC(=O)c1ccccc1. The molecule has 0 saturated heterocycles. The minimum atomic E-state index is -0.630. The molecule has 0 aromatic heterocycles. The second kappa shape index (κ2) is 8.84. The van der Waals surface area contributed by atoms with Gasteiger partial charge in [0.15, 0.2) is 0 Å². The number of carbonyl (C=O) groups is 2. The molecule has 0 fully saturated rings. The number of nitrogens with one attached hydrogen (secondary N) is 1. The summed E-state index contributed by atoms with van der Waals surface area (Å²) in [6, 6.07) is 8.33. The van der Waals surface area contributed by atoms with E-state index in [0.717, 1.165) is 19.3 Å². The van der Waals surface area contributed by atoms with Crippen LogP contribution >= 0.6 is 0 Å². The van der Waals surface area contributed by atoms with Crippen LogP contribution in [0, 0.1) is 0 Å². The first-order chi connectivity index (χ1) is 11.8. The van der Waals surface area contributed by atoms with Crippen LogP contribution in [0.2, 0.25) is 0 Å². The molecule has 0 heterocycles. The first-order valence-electron chi connectivity index (χ1n) is 9.12. The van der Waals surface area contributed by atoms with Gasteiger partial charge in [0, 0.05) is 5.56 Å². The van der Waals surface area contributed by atoms with Crippen LogP contribution in [0.5, 0.6) is 0 Å². The second-order valence-corrected chi connectivity index (χ2v) is 7.57. The monoisotopic (exact) mass is 343 g/mol. The number of hydrogen-bond donors (Lipinski definition) is 1. The summed E-state index contributed by atoms with van der Waals surface area (Å²) in [6.07, 6.45) is 8.31. The van der Waals surface area contributed by atoms with E-state index in [0.29, 0.717) is 12.0 Å². The number of allylic oxidation sites excluding steroid dienone is 2. The van der Waals surface area contributed by atoms with Crippen LogP contribution in [0.4, 0.5) is 0 Å². The highest BCUT2D eigenvalue weighted by molar-refractivity contribution is 5.96. The van der Waals surface area contributed by atoms with Crippen LogP contribution in [0.1, 0.15) is 69.7 Å². The molecule has 1 aromatic rings. The van der Waals surface area contributed by atoms with Gasteiger partial charge in [-0.3, -0.25) is 4.79 Å². The third kappa shape index (κ3) is 6.73. The Labute approximate surface area is 150 Å². The molecule has 2 rings (SSSR count). The Balaban J connectivity index is 2.03. The number of esters is 1. The van der Waals surface area contributed by atoms with Gasteiger partial charge in [-0.25, -0.2) is 4.79 Å². The fourth-order valence-corrected chi connectivity index (χ4v) is 2.91. The van der Waals surface area contributed by atoms with Gasteiger partial charge in [0.1, 0.15) is 11.6 Å². The van der Waals surface area contributed by atoms with Crippen molar-refractivity contribution in [1.29, 1.82) is 0 Å². The van der Waals surface area contributed by atoms with Gasteiger partial charge in [0.2, 0.25) is 0 Å². The van der Waals surface area contributed by atoms with E-state index in [1.165, 1.54) is 18.4 Å². The molecule has 1 aliphatic rings. The van der Waals surface area contributed by atoms with E-state index < -0.39 is 11.6 Å². The van der Waals surface area contributed by atoms with E-state index in [-0.39, 0.29) is 11.9 Å². The summed E-state index contributed by atoms with van der Waals surface area (Å²) in [5.74, 6) is -0.609. The first kappa shape index (κ1) is 19.2. The standard InChI is InChI=1S/C21H29NO3/c1-21(2,3)25-20(24)18(15-14-16-10-6-4-7-11-16)22-19(23)17-12-8-5-9-13-17/h5,8-10,12-13,18H,4,6-7,11,14-15H2,1-3H3,(H,22,23)/t18-/m0/s1. The minimum Gasteiger partial charge on any atom is -0.458 e. The predicted octanol–water partition coefficient (Wildman–Crippen LogP) is 4.41. The van der Waals surface area contributed by atoms with Gasteiger partial charge < -0.3 is 10.1 Å². The molecule has 0 unspecified atom stereocenters. The van der Waals surface area contributed by atoms with Gasteiger partial charge in [-0.2, -0.15) is 0 Å². The summed E-state index contributed by atoms with van der Waals surface area (Å²) < 4.78 is 5.50. The van der Waals surface area contributed by atoms with Gasteiger partial charge in [-0.15, -0.1) is 0 Å². The molecule has 4 nitrogen and oxygen atoms in total. The van der Waals surface area contributed by atoms with Crippen molar-refractivity contribution in [2.75, 3.05) is 0 Å². The Morgan fingerprint density at radius 3 is 2.48 bits per heavy atom. The largest absolute Gasteiger partial charge is 0.458 e. The van der Waals surface area contributed by atoms with Crippen molar-refractivity contribution in [3.05, 3.63) is 47.5 Å². The van der Waals surface area contributed by atoms with E-state index >= 15 is 0 Å². The van der Waals surface area contributed by atoms with E-state index in [4.69, 9.17) is 4.74 Å². The van der Waals surface area contributed by atoms with E-state index in [1.807, 2.05) is 39.0 Å². The molecule has 1 amide bonds. The summed E-state index contributed by atoms with van der Waals surface area (Å²) in [5.41, 5.74) is 1.36. The molecule has 4 heteroatoms. The van der Waals surface area contributed by atoms with E-state index in [1.54, 1.807) is 12.1 Å². The fraction of sp³-hybridized carbons (Fsp3) is 0.524. The lowest BCUT2D eigenvalue weighted by Gasteiger charge is -2.25. The van der Waals surface area contributed by atoms with Crippen LogP contribution in [0.3, 0.4) is 0 Å². The molecule has 0 radical (unpaired) electrons. The zero-order chi connectivity index (χ0) is 18.3. The molecule has 1 N–H and O–H groups in total. The zero-order valence-corrected chi connectivity index (χ0v) is 15.5. The Hall–Kier alpha value is -2.10. The van der Waals surface area contributed by atoms with Crippen molar-refractivity contribution in [2.45, 2.75) is 70.9 Å². The van der Waals surface area contributed by atoms with Gasteiger partial charge in [-0.1, -0.05) is 29.8 Å². The number of rotatable bonds is 6. The molecule has 1 aromatic carbocycles. The summed E-state index contributed by atoms with van der Waals surface area (Å²) in [6.45, 7) is 5.51. The number of amides is 1. The summed E-state index contributed by atoms with van der Waals surface area (Å²) in [7, 11) is 0. The van der Waals surface area contributed by atoms with Crippen molar-refractivity contribution in [3.8, 4) is 0 Å². The zero-order valence-electron chi connectivity index (χ0n) is 15.5. The molecule has 136 valence electrons. The highest BCUT2D eigenvalue weighted by Crippen LogP contribution is 2.22. The average Bonchev–Trinajstić information content (AvgIpc) is 2.58. The van der Waals surface area contributed by atoms with Crippen LogP contribution in [-0.4, -0.2) is 23.5 Å². The quantitative estimate of drug-likeness (QED) is 0.615. The third-order valence-electron chi connectivity index (χ3n) is 4.17. The van der Waals surface area contributed by atoms with Gasteiger partial charge in [-0.05, 0) is 71.4 Å². The van der Waals surface area contributed by atoms with Crippen molar-refractivity contribution in [1.82, 2.24) is 5.32 Å². The van der Waals surface area contributed by atoms with Crippen molar-refractivity contribution < 1.29 is 14.3 Å². The van der Waals surface area contributed by atoms with Crippen LogP contribution < -0.4 is 5.32 Å². The van der Waals surface area contributed by atoms with Crippen molar-refractivity contribution in [3.63, 3.8) is 0 Å². The lowest BCUT2D eigenvalue weighted by Crippen LogP contribution is -2.44. The summed E-state index contributed by atoms with van der Waals surface area (Å²) >= 11 is 0. The van der Waals surface area contributed by atoms with Crippen LogP contribution in [0.25, 0.3) is 0 Å². The molecule has 25 heavy (non-hydrogen) atoms. The number of ether oxygens (including phenoxy) is 1. The van der Waals surface area contributed by atoms with E-state index in [2.05, 4.69) is 11.4 Å². The Morgan fingerprint density at radius 2 is 1.88 bits per heavy atom. The van der Waals surface area contributed by atoms with Crippen LogP contribution in [0.15, 0.2) is 42.0 Å². The van der Waals surface area contributed by atoms with Gasteiger partial charge >= 0.3 is 5.97 Å². The average molecular weight is 343 g/mol. The third-order valence-corrected chi connectivity index (χ3v) is 4.17. The highest BCUT2D eigenvalue weighted by atomic mass is 16.6. The molecular formula is C21H29NO3. The summed E-state index contributed by atoms with van der Waals surface area (Å²) in [5, 5.41) is 2.85. The highest BCUT2D eigenvalue weighted by Gasteiger charge is 2.27. The van der Waals surface area contributed by atoms with E-state index in [9.17, 15) is 9.59 Å². The summed E-state index contributed by atoms with van der Waals surface area (Å²) in [4.78, 5) is 25.0. The maximum absolute atomic E-state index is 12.5. The molecule has 1 aliphatic carbocycles. The normalized spacial score (nSPS) is 15.9. The molecule has 0 aliphatic heterocycles. The molecule has 0 spiro atoms. The number of carbonyl (C=O) groups excluding carboxylic acids is 2. The Kier molecular flexibility index (Phi) is 6.80. The first-order valence-corrected chi connectivity index (χ1v) is 9.12. The maximum Gasteiger partial charge on any atom is 0.329 e. The molecule has 1 atom stereocenters. The molecule has 0 bridgehead atoms. The predicted molar refractivity (Wildman–Crippen MR) is 99.3 cm³/mol. The van der Waals surface area contributed by atoms with Gasteiger partial charge in [0.05, 0.1) is 0 Å². The fourth-order valence-electron chi connectivity index (χ4n) is 2.91. The Morgan fingerprint density at radius 1 is 1.16 bits per heavy atom. The van der Waals surface area contributed by atoms with Gasteiger partial charge in [0.25, 0.3) is 5.91 Å². The van der Waals surface area contributed by atoms with Crippen molar-refractivity contribution >= 4 is 11.9 Å². The van der Waals surface area contributed by atoms with Crippen LogP contribution in [-0.2, 0) is 9.53 Å². The molecular weight excluding hydrogens is 314 g/mol. The number of benzene rings is 1. The lowest BCUT2D eigenvalue weighted by molar-refractivity contribution is -0.157.